The summed E-state index contributed by atoms with van der Waals surface area (Å²) in [6, 6.07) is 9.30. The molecule has 4 aliphatic carbocycles. The van der Waals surface area contributed by atoms with Crippen LogP contribution in [0.25, 0.3) is 6.08 Å². The van der Waals surface area contributed by atoms with Gasteiger partial charge < -0.3 is 117 Å². The monoisotopic (exact) mass is 1270 g/mol. The zero-order chi connectivity index (χ0) is 64.3. The van der Waals surface area contributed by atoms with Crippen molar-refractivity contribution in [2.45, 2.75) is 283 Å². The Hall–Kier alpha value is -2.75. The zero-order valence-electron chi connectivity index (χ0n) is 53.0. The number of fused-ring (bicyclic) bond motifs is 5. The molecule has 504 valence electrons. The number of carbonyl (C=O) groups excluding carboxylic acids is 1. The van der Waals surface area contributed by atoms with E-state index >= 15 is 0 Å². The van der Waals surface area contributed by atoms with Crippen molar-refractivity contribution >= 4 is 12.0 Å². The van der Waals surface area contributed by atoms with Gasteiger partial charge in [-0.25, -0.2) is 4.79 Å². The maximum Gasteiger partial charge on any atom is 0.331 e. The summed E-state index contributed by atoms with van der Waals surface area (Å²) in [5, 5.41) is 102. The average molecular weight is 1270 g/mol. The number of hydrogen-bond donors (Lipinski definition) is 9. The summed E-state index contributed by atoms with van der Waals surface area (Å²) in [4.78, 5) is 13.7. The highest BCUT2D eigenvalue weighted by atomic mass is 16.8. The third kappa shape index (κ3) is 12.6. The summed E-state index contributed by atoms with van der Waals surface area (Å²) in [7, 11) is 6.11. The summed E-state index contributed by atoms with van der Waals surface area (Å²) < 4.78 is 93.7. The summed E-state index contributed by atoms with van der Waals surface area (Å²) in [5.41, 5.74) is -5.96. The number of benzene rings is 1. The van der Waals surface area contributed by atoms with Gasteiger partial charge in [0.25, 0.3) is 0 Å². The second-order valence-corrected chi connectivity index (χ2v) is 26.7. The Bertz CT molecular complexity index is 2580. The molecule has 9 N–H and O–H groups in total. The Morgan fingerprint density at radius 1 is 0.640 bits per heavy atom. The fraction of sp³-hybridized carbons (Fsp3) is 0.828. The van der Waals surface area contributed by atoms with Gasteiger partial charge in [-0.2, -0.15) is 0 Å². The molecule has 5 heterocycles. The minimum absolute atomic E-state index is 0.00525. The molecule has 0 amide bonds. The number of aliphatic hydroxyl groups is 9. The Morgan fingerprint density at radius 2 is 1.18 bits per heavy atom. The van der Waals surface area contributed by atoms with Crippen LogP contribution in [-0.4, -0.2) is 257 Å². The van der Waals surface area contributed by atoms with Gasteiger partial charge in [-0.15, -0.1) is 0 Å². The van der Waals surface area contributed by atoms with Crippen LogP contribution < -0.4 is 0 Å². The highest BCUT2D eigenvalue weighted by molar-refractivity contribution is 5.87. The number of esters is 1. The van der Waals surface area contributed by atoms with Crippen molar-refractivity contribution in [1.29, 1.82) is 0 Å². The van der Waals surface area contributed by atoms with E-state index in [1.165, 1.54) is 27.2 Å². The molecule has 5 saturated heterocycles. The SMILES string of the molecule is CO[C@H]1[C@@H](O)[C@H](O[C@@H]2[C@@H](C)O[C@@H](O[C@@H]3[C@@H](C)O[C@@H](O[C@H]4[C@@H](OC)C[C@H](O[C@H]5CC[C@@]6(C)C(=CC[C@]7(O)[C@@H]6CC(OC(=O)/C=C/c6ccccc6)[C@@]6(C)[C@]7(O)CC[C@]6(O)C(C)O)C5)O[C@@H]4C)C[C@H]3OC)C[C@H]2OC)O[C@H](C)[C@H]1O[C@@H]1O[C@H](CO)[C@@H](O)[C@H](O)[C@H]1O. The number of rotatable bonds is 19. The molecular formula is C64H98O25. The molecule has 25 nitrogen and oxygen atoms in total. The van der Waals surface area contributed by atoms with Crippen molar-refractivity contribution in [1.82, 2.24) is 0 Å². The molecule has 5 aliphatic heterocycles. The molecule has 25 heteroatoms. The van der Waals surface area contributed by atoms with Gasteiger partial charge in [0.2, 0.25) is 0 Å². The first-order valence-corrected chi connectivity index (χ1v) is 31.7. The summed E-state index contributed by atoms with van der Waals surface area (Å²) >= 11 is 0. The number of hydrogen-bond acceptors (Lipinski definition) is 25. The lowest BCUT2D eigenvalue weighted by molar-refractivity contribution is -0.374. The van der Waals surface area contributed by atoms with Crippen LogP contribution in [0.3, 0.4) is 0 Å². The van der Waals surface area contributed by atoms with Crippen LogP contribution >= 0.6 is 0 Å². The van der Waals surface area contributed by atoms with E-state index in [0.717, 1.165) is 11.1 Å². The number of ether oxygens (including phenoxy) is 15. The number of aliphatic hydroxyl groups excluding tert-OH is 6. The van der Waals surface area contributed by atoms with Crippen molar-refractivity contribution in [3.8, 4) is 0 Å². The number of carbonyl (C=O) groups is 1. The van der Waals surface area contributed by atoms with Gasteiger partial charge in [0.1, 0.15) is 83.9 Å². The largest absolute Gasteiger partial charge is 0.458 e. The first-order chi connectivity index (χ1) is 42.2. The Morgan fingerprint density at radius 3 is 1.73 bits per heavy atom. The summed E-state index contributed by atoms with van der Waals surface area (Å²) in [6.45, 7) is 11.8. The molecule has 0 radical (unpaired) electrons. The molecule has 89 heavy (non-hydrogen) atoms. The Kier molecular flexibility index (Phi) is 21.4. The van der Waals surface area contributed by atoms with Crippen molar-refractivity contribution in [2.75, 3.05) is 35.0 Å². The second kappa shape index (κ2) is 27.5. The van der Waals surface area contributed by atoms with Gasteiger partial charge in [-0.1, -0.05) is 55.8 Å². The molecule has 3 saturated carbocycles. The predicted octanol–water partition coefficient (Wildman–Crippen LogP) is 1.82. The van der Waals surface area contributed by atoms with E-state index in [4.69, 9.17) is 71.1 Å². The van der Waals surface area contributed by atoms with Crippen LogP contribution in [-0.2, 0) is 75.8 Å². The molecule has 0 aromatic heterocycles. The Labute approximate surface area is 520 Å². The maximum atomic E-state index is 13.7. The van der Waals surface area contributed by atoms with Gasteiger partial charge in [0.15, 0.2) is 31.5 Å². The van der Waals surface area contributed by atoms with E-state index in [1.807, 2.05) is 50.3 Å². The first kappa shape index (κ1) is 69.1. The van der Waals surface area contributed by atoms with E-state index in [-0.39, 0.29) is 38.2 Å². The molecular weight excluding hydrogens is 1170 g/mol. The van der Waals surface area contributed by atoms with E-state index < -0.39 is 194 Å². The van der Waals surface area contributed by atoms with Gasteiger partial charge in [0.05, 0.1) is 67.0 Å². The molecule has 2 unspecified atom stereocenters. The van der Waals surface area contributed by atoms with Crippen molar-refractivity contribution in [3.63, 3.8) is 0 Å². The van der Waals surface area contributed by atoms with E-state index in [0.29, 0.717) is 32.1 Å². The summed E-state index contributed by atoms with van der Waals surface area (Å²) in [6.07, 6.45) is -15.5. The minimum atomic E-state index is -1.93. The van der Waals surface area contributed by atoms with Crippen molar-refractivity contribution in [3.05, 3.63) is 53.6 Å². The van der Waals surface area contributed by atoms with Crippen LogP contribution in [0.5, 0.6) is 0 Å². The predicted molar refractivity (Wildman–Crippen MR) is 311 cm³/mol. The fourth-order valence-corrected chi connectivity index (χ4v) is 16.7. The molecule has 8 fully saturated rings. The quantitative estimate of drug-likeness (QED) is 0.0542. The Balaban J connectivity index is 0.727. The van der Waals surface area contributed by atoms with Crippen molar-refractivity contribution < 1.29 is 122 Å². The molecule has 1 aromatic carbocycles. The van der Waals surface area contributed by atoms with Crippen molar-refractivity contribution in [2.24, 2.45) is 16.7 Å². The van der Waals surface area contributed by atoms with Gasteiger partial charge in [-0.3, -0.25) is 0 Å². The third-order valence-corrected chi connectivity index (χ3v) is 22.0. The van der Waals surface area contributed by atoms with E-state index in [1.54, 1.807) is 41.1 Å². The molecule has 10 rings (SSSR count). The molecule has 9 aliphatic rings. The maximum absolute atomic E-state index is 13.7. The summed E-state index contributed by atoms with van der Waals surface area (Å²) in [5.74, 6) is -1.24. The number of methoxy groups -OCH3 is 4. The van der Waals surface area contributed by atoms with Gasteiger partial charge in [-0.05, 0) is 96.6 Å². The van der Waals surface area contributed by atoms with Crippen LogP contribution in [0.2, 0.25) is 0 Å². The highest BCUT2D eigenvalue weighted by Crippen LogP contribution is 2.71. The van der Waals surface area contributed by atoms with E-state index in [9.17, 15) is 50.8 Å². The molecule has 1 aromatic rings. The smallest absolute Gasteiger partial charge is 0.331 e. The standard InChI is InChI=1S/C64H98O25/c1-31-53(86-47-27-40(76-9)54(32(2)80-47)87-48-28-41(77-10)55(33(3)81-48)88-59-52(71)57(78-11)56(34(4)82-59)89-58-51(70)50(69)49(68)42(30-65)84-58)39(75-8)26-46(79-31)83-38-20-21-60(6)37(25-38)19-22-63(73)43(60)29-44(85-45(67)18-17-36-15-13-12-14-16-36)61(7)62(72,35(5)66)23-24-64(61,63)74/h12-19,31-35,38-44,46-59,65-66,68-74H,20-30H2,1-11H3/b18-17+/t31-,32-,33-,34-,35?,38+,39+,40-,41-,42-,43-,44?,46+,47+,48+,49-,50+,51-,52-,53-,54-,55-,56-,57+,58+,59+,60+,61-,62+,63+,64-/m1/s1. The second-order valence-electron chi connectivity index (χ2n) is 26.7. The van der Waals surface area contributed by atoms with Crippen LogP contribution in [0.1, 0.15) is 118 Å². The molecule has 0 bridgehead atoms. The normalized spacial score (nSPS) is 49.7. The lowest BCUT2D eigenvalue weighted by Crippen LogP contribution is -2.78. The van der Waals surface area contributed by atoms with Crippen LogP contribution in [0.15, 0.2) is 48.1 Å². The highest BCUT2D eigenvalue weighted by Gasteiger charge is 2.81. The molecule has 31 atom stereocenters. The topological polar surface area (TPSA) is 338 Å². The third-order valence-electron chi connectivity index (χ3n) is 22.0. The average Bonchev–Trinajstić information content (AvgIpc) is 1.61. The fourth-order valence-electron chi connectivity index (χ4n) is 16.7. The van der Waals surface area contributed by atoms with Gasteiger partial charge in [0, 0.05) is 59.7 Å². The van der Waals surface area contributed by atoms with Crippen LogP contribution in [0, 0.1) is 16.7 Å². The lowest BCUT2D eigenvalue weighted by Gasteiger charge is -2.67. The van der Waals surface area contributed by atoms with Gasteiger partial charge >= 0.3 is 5.97 Å². The van der Waals surface area contributed by atoms with E-state index in [2.05, 4.69) is 6.92 Å². The minimum Gasteiger partial charge on any atom is -0.458 e. The van der Waals surface area contributed by atoms with Crippen LogP contribution in [0.4, 0.5) is 0 Å². The first-order valence-electron chi connectivity index (χ1n) is 31.7. The lowest BCUT2D eigenvalue weighted by atomic mass is 9.42. The zero-order valence-corrected chi connectivity index (χ0v) is 53.0. The molecule has 0 spiro atoms.